The smallest absolute Gasteiger partial charge is 0.293 e. The SMILES string of the molecule is Cc1cccc([N+](=O)[O-])c1NC(=O)CN(C)Cc1ccc(Cl)cc1Cl. The third kappa shape index (κ3) is 5.16. The highest BCUT2D eigenvalue weighted by atomic mass is 35.5. The maximum absolute atomic E-state index is 12.2. The van der Waals surface area contributed by atoms with Crippen molar-refractivity contribution >= 4 is 40.5 Å². The molecule has 0 saturated heterocycles. The number of para-hydroxylation sites is 1. The van der Waals surface area contributed by atoms with Crippen LogP contribution >= 0.6 is 23.2 Å². The van der Waals surface area contributed by atoms with Gasteiger partial charge in [0.2, 0.25) is 5.91 Å². The maximum atomic E-state index is 12.2. The number of aryl methyl sites for hydroxylation is 1. The molecule has 0 fully saturated rings. The highest BCUT2D eigenvalue weighted by molar-refractivity contribution is 6.35. The van der Waals surface area contributed by atoms with Crippen LogP contribution in [0.4, 0.5) is 11.4 Å². The van der Waals surface area contributed by atoms with E-state index in [4.69, 9.17) is 23.2 Å². The Kier molecular flexibility index (Phi) is 6.36. The predicted octanol–water partition coefficient (Wildman–Crippen LogP) is 4.28. The fourth-order valence-electron chi connectivity index (χ4n) is 2.39. The summed E-state index contributed by atoms with van der Waals surface area (Å²) in [6.45, 7) is 2.21. The van der Waals surface area contributed by atoms with Gasteiger partial charge in [-0.2, -0.15) is 0 Å². The van der Waals surface area contributed by atoms with Crippen molar-refractivity contribution in [3.8, 4) is 0 Å². The zero-order chi connectivity index (χ0) is 18.6. The van der Waals surface area contributed by atoms with Crippen molar-refractivity contribution in [3.63, 3.8) is 0 Å². The number of rotatable bonds is 6. The van der Waals surface area contributed by atoms with Crippen LogP contribution in [0.2, 0.25) is 10.0 Å². The molecule has 2 aromatic rings. The van der Waals surface area contributed by atoms with Crippen LogP contribution in [0.3, 0.4) is 0 Å². The van der Waals surface area contributed by atoms with E-state index in [-0.39, 0.29) is 23.8 Å². The van der Waals surface area contributed by atoms with Crippen LogP contribution in [0.5, 0.6) is 0 Å². The molecule has 0 unspecified atom stereocenters. The molecule has 1 amide bonds. The molecular formula is C17H17Cl2N3O3. The number of nitrogens with zero attached hydrogens (tertiary/aromatic N) is 2. The average molecular weight is 382 g/mol. The molecule has 0 spiro atoms. The molecule has 2 rings (SSSR count). The molecule has 0 bridgehead atoms. The Bertz CT molecular complexity index is 812. The Hall–Kier alpha value is -2.15. The maximum Gasteiger partial charge on any atom is 0.293 e. The van der Waals surface area contributed by atoms with E-state index >= 15 is 0 Å². The molecule has 0 atom stereocenters. The van der Waals surface area contributed by atoms with Gasteiger partial charge in [-0.25, -0.2) is 0 Å². The second-order valence-electron chi connectivity index (χ2n) is 5.68. The van der Waals surface area contributed by atoms with Gasteiger partial charge >= 0.3 is 0 Å². The molecule has 1 N–H and O–H groups in total. The summed E-state index contributed by atoms with van der Waals surface area (Å²) in [6, 6.07) is 9.82. The van der Waals surface area contributed by atoms with Crippen molar-refractivity contribution in [1.29, 1.82) is 0 Å². The first-order chi connectivity index (χ1) is 11.8. The minimum Gasteiger partial charge on any atom is -0.319 e. The lowest BCUT2D eigenvalue weighted by atomic mass is 10.1. The summed E-state index contributed by atoms with van der Waals surface area (Å²) in [7, 11) is 1.76. The molecule has 8 heteroatoms. The van der Waals surface area contributed by atoms with Crippen LogP contribution in [-0.2, 0) is 11.3 Å². The Balaban J connectivity index is 2.04. The summed E-state index contributed by atoms with van der Waals surface area (Å²) in [5.41, 5.74) is 1.56. The predicted molar refractivity (Wildman–Crippen MR) is 99.3 cm³/mol. The monoisotopic (exact) mass is 381 g/mol. The summed E-state index contributed by atoms with van der Waals surface area (Å²) < 4.78 is 0. The highest BCUT2D eigenvalue weighted by Crippen LogP contribution is 2.27. The molecule has 0 aliphatic carbocycles. The number of nitro benzene ring substituents is 1. The van der Waals surface area contributed by atoms with Gasteiger partial charge in [-0.3, -0.25) is 19.8 Å². The van der Waals surface area contributed by atoms with E-state index in [2.05, 4.69) is 5.32 Å². The number of carbonyl (C=O) groups excluding carboxylic acids is 1. The van der Waals surface area contributed by atoms with Crippen LogP contribution in [-0.4, -0.2) is 29.3 Å². The van der Waals surface area contributed by atoms with Crippen molar-refractivity contribution < 1.29 is 9.72 Å². The van der Waals surface area contributed by atoms with E-state index in [1.54, 1.807) is 49.2 Å². The fourth-order valence-corrected chi connectivity index (χ4v) is 2.86. The molecule has 0 heterocycles. The minimum absolute atomic E-state index is 0.0600. The van der Waals surface area contributed by atoms with Crippen LogP contribution in [0.25, 0.3) is 0 Å². The highest BCUT2D eigenvalue weighted by Gasteiger charge is 2.18. The number of halogens is 2. The molecule has 25 heavy (non-hydrogen) atoms. The Morgan fingerprint density at radius 1 is 1.28 bits per heavy atom. The van der Waals surface area contributed by atoms with Gasteiger partial charge in [-0.15, -0.1) is 0 Å². The summed E-state index contributed by atoms with van der Waals surface area (Å²) in [5.74, 6) is -0.343. The first-order valence-electron chi connectivity index (χ1n) is 7.44. The van der Waals surface area contributed by atoms with Crippen LogP contribution in [0.1, 0.15) is 11.1 Å². The van der Waals surface area contributed by atoms with Gasteiger partial charge in [-0.05, 0) is 37.2 Å². The minimum atomic E-state index is -0.514. The van der Waals surface area contributed by atoms with Gasteiger partial charge in [0.05, 0.1) is 11.5 Å². The van der Waals surface area contributed by atoms with Gasteiger partial charge in [-0.1, -0.05) is 41.4 Å². The summed E-state index contributed by atoms with van der Waals surface area (Å²) in [4.78, 5) is 24.6. The second-order valence-corrected chi connectivity index (χ2v) is 6.53. The Morgan fingerprint density at radius 3 is 2.64 bits per heavy atom. The molecule has 0 saturated carbocycles. The number of amides is 1. The van der Waals surface area contributed by atoms with E-state index in [0.717, 1.165) is 5.56 Å². The van der Waals surface area contributed by atoms with Crippen molar-refractivity contribution in [3.05, 3.63) is 67.7 Å². The number of hydrogen-bond donors (Lipinski definition) is 1. The van der Waals surface area contributed by atoms with Gasteiger partial charge in [0, 0.05) is 22.7 Å². The lowest BCUT2D eigenvalue weighted by Crippen LogP contribution is -2.30. The standard InChI is InChI=1S/C17H17Cl2N3O3/c1-11-4-3-5-15(22(24)25)17(11)20-16(23)10-21(2)9-12-6-7-13(18)8-14(12)19/h3-8H,9-10H2,1-2H3,(H,20,23). The number of benzene rings is 2. The number of nitrogens with one attached hydrogen (secondary N) is 1. The van der Waals surface area contributed by atoms with E-state index in [1.165, 1.54) is 6.07 Å². The van der Waals surface area contributed by atoms with Crippen molar-refractivity contribution in [2.24, 2.45) is 0 Å². The van der Waals surface area contributed by atoms with Gasteiger partial charge < -0.3 is 5.32 Å². The fraction of sp³-hybridized carbons (Fsp3) is 0.235. The normalized spacial score (nSPS) is 10.8. The van der Waals surface area contributed by atoms with Gasteiger partial charge in [0.15, 0.2) is 0 Å². The third-order valence-electron chi connectivity index (χ3n) is 3.58. The number of anilines is 1. The lowest BCUT2D eigenvalue weighted by molar-refractivity contribution is -0.384. The van der Waals surface area contributed by atoms with Crippen LogP contribution in [0.15, 0.2) is 36.4 Å². The topological polar surface area (TPSA) is 75.5 Å². The van der Waals surface area contributed by atoms with E-state index in [9.17, 15) is 14.9 Å². The summed E-state index contributed by atoms with van der Waals surface area (Å²) in [6.07, 6.45) is 0. The van der Waals surface area contributed by atoms with Crippen LogP contribution in [0, 0.1) is 17.0 Å². The van der Waals surface area contributed by atoms with E-state index < -0.39 is 4.92 Å². The number of nitro groups is 1. The van der Waals surface area contributed by atoms with E-state index in [1.807, 2.05) is 0 Å². The molecule has 0 aliphatic heterocycles. The molecule has 6 nitrogen and oxygen atoms in total. The molecule has 0 aliphatic rings. The van der Waals surface area contributed by atoms with Crippen LogP contribution < -0.4 is 5.32 Å². The summed E-state index contributed by atoms with van der Waals surface area (Å²) in [5, 5.41) is 14.8. The third-order valence-corrected chi connectivity index (χ3v) is 4.17. The summed E-state index contributed by atoms with van der Waals surface area (Å²) >= 11 is 12.0. The molecular weight excluding hydrogens is 365 g/mol. The van der Waals surface area contributed by atoms with Crippen molar-refractivity contribution in [2.75, 3.05) is 18.9 Å². The zero-order valence-corrected chi connectivity index (χ0v) is 15.3. The quantitative estimate of drug-likeness (QED) is 0.598. The average Bonchev–Trinajstić information content (AvgIpc) is 2.51. The molecule has 2 aromatic carbocycles. The second kappa shape index (κ2) is 8.29. The number of carbonyl (C=O) groups is 1. The van der Waals surface area contributed by atoms with Gasteiger partial charge in [0.25, 0.3) is 5.69 Å². The Labute approximate surface area is 155 Å². The first-order valence-corrected chi connectivity index (χ1v) is 8.20. The number of likely N-dealkylation sites (N-methyl/N-ethyl adjacent to an activating group) is 1. The zero-order valence-electron chi connectivity index (χ0n) is 13.8. The Morgan fingerprint density at radius 2 is 2.00 bits per heavy atom. The first kappa shape index (κ1) is 19.2. The van der Waals surface area contributed by atoms with Crippen molar-refractivity contribution in [1.82, 2.24) is 4.90 Å². The molecule has 0 radical (unpaired) electrons. The molecule has 0 aromatic heterocycles. The number of hydrogen-bond acceptors (Lipinski definition) is 4. The largest absolute Gasteiger partial charge is 0.319 e. The molecule has 132 valence electrons. The van der Waals surface area contributed by atoms with Crippen molar-refractivity contribution in [2.45, 2.75) is 13.5 Å². The lowest BCUT2D eigenvalue weighted by Gasteiger charge is -2.17. The van der Waals surface area contributed by atoms with Gasteiger partial charge in [0.1, 0.15) is 5.69 Å². The van der Waals surface area contributed by atoms with E-state index in [0.29, 0.717) is 22.2 Å².